The van der Waals surface area contributed by atoms with Crippen LogP contribution >= 0.6 is 0 Å². The van der Waals surface area contributed by atoms with Crippen molar-refractivity contribution in [1.29, 1.82) is 0 Å². The summed E-state index contributed by atoms with van der Waals surface area (Å²) in [4.78, 5) is 16.7. The Morgan fingerprint density at radius 3 is 2.64 bits per heavy atom. The van der Waals surface area contributed by atoms with E-state index in [4.69, 9.17) is 4.42 Å². The number of hydrogen-bond acceptors (Lipinski definition) is 3. The molecule has 22 heavy (non-hydrogen) atoms. The second kappa shape index (κ2) is 8.37. The van der Waals surface area contributed by atoms with Gasteiger partial charge in [0.05, 0.1) is 12.6 Å². The lowest BCUT2D eigenvalue weighted by atomic mass is 10.1. The highest BCUT2D eigenvalue weighted by atomic mass is 16.3. The largest absolute Gasteiger partial charge is 0.464 e. The molecule has 2 heterocycles. The van der Waals surface area contributed by atoms with Crippen LogP contribution in [0.2, 0.25) is 0 Å². The van der Waals surface area contributed by atoms with Crippen LogP contribution in [0.5, 0.6) is 0 Å². The summed E-state index contributed by atoms with van der Waals surface area (Å²) in [5.74, 6) is 2.31. The molecular weight excluding hydrogens is 276 g/mol. The van der Waals surface area contributed by atoms with Gasteiger partial charge in [-0.15, -0.1) is 0 Å². The molecule has 1 saturated heterocycles. The maximum atomic E-state index is 12.5. The average Bonchev–Trinajstić information content (AvgIpc) is 2.89. The Labute approximate surface area is 134 Å². The number of carbonyl (C=O) groups excluding carboxylic acids is 1. The summed E-state index contributed by atoms with van der Waals surface area (Å²) in [6.07, 6.45) is 5.63. The standard InChI is InChI=1S/C18H30N2O2/c1-4-15-11-12-17(22-15)16-10-8-7-9-13-20(16)14-18(21)19(5-2)6-3/h11-12,16H,4-10,13-14H2,1-3H3. The van der Waals surface area contributed by atoms with Crippen molar-refractivity contribution in [3.05, 3.63) is 23.7 Å². The van der Waals surface area contributed by atoms with Gasteiger partial charge in [-0.05, 0) is 45.4 Å². The highest BCUT2D eigenvalue weighted by molar-refractivity contribution is 5.78. The lowest BCUT2D eigenvalue weighted by Crippen LogP contribution is -2.41. The van der Waals surface area contributed by atoms with Crippen LogP contribution in [0.3, 0.4) is 0 Å². The van der Waals surface area contributed by atoms with E-state index in [1.165, 1.54) is 19.3 Å². The van der Waals surface area contributed by atoms with Crippen molar-refractivity contribution in [1.82, 2.24) is 9.80 Å². The fraction of sp³-hybridized carbons (Fsp3) is 0.722. The second-order valence-corrected chi connectivity index (χ2v) is 6.06. The van der Waals surface area contributed by atoms with Crippen LogP contribution in [0, 0.1) is 0 Å². The normalized spacial score (nSPS) is 19.9. The van der Waals surface area contributed by atoms with E-state index in [9.17, 15) is 4.79 Å². The zero-order valence-corrected chi connectivity index (χ0v) is 14.3. The minimum atomic E-state index is 0.235. The first-order valence-corrected chi connectivity index (χ1v) is 8.80. The number of likely N-dealkylation sites (tertiary alicyclic amines) is 1. The molecule has 1 fully saturated rings. The van der Waals surface area contributed by atoms with Gasteiger partial charge in [-0.1, -0.05) is 19.8 Å². The van der Waals surface area contributed by atoms with Gasteiger partial charge in [-0.25, -0.2) is 0 Å². The average molecular weight is 306 g/mol. The van der Waals surface area contributed by atoms with Crippen molar-refractivity contribution in [2.75, 3.05) is 26.2 Å². The van der Waals surface area contributed by atoms with Crippen molar-refractivity contribution in [3.63, 3.8) is 0 Å². The van der Waals surface area contributed by atoms with Crippen molar-refractivity contribution < 1.29 is 9.21 Å². The molecule has 0 radical (unpaired) electrons. The second-order valence-electron chi connectivity index (χ2n) is 6.06. The van der Waals surface area contributed by atoms with Gasteiger partial charge in [0.15, 0.2) is 0 Å². The molecule has 1 aliphatic heterocycles. The summed E-state index contributed by atoms with van der Waals surface area (Å²) in [6.45, 7) is 9.26. The molecule has 0 spiro atoms. The molecule has 4 nitrogen and oxygen atoms in total. The van der Waals surface area contributed by atoms with Crippen molar-refractivity contribution in [2.24, 2.45) is 0 Å². The van der Waals surface area contributed by atoms with E-state index < -0.39 is 0 Å². The van der Waals surface area contributed by atoms with E-state index in [1.807, 2.05) is 18.7 Å². The van der Waals surface area contributed by atoms with Crippen LogP contribution < -0.4 is 0 Å². The third-order valence-corrected chi connectivity index (χ3v) is 4.68. The number of nitrogens with zero attached hydrogens (tertiary/aromatic N) is 2. The maximum Gasteiger partial charge on any atom is 0.236 e. The van der Waals surface area contributed by atoms with Crippen LogP contribution in [0.1, 0.15) is 64.0 Å². The maximum absolute atomic E-state index is 12.5. The Bertz CT molecular complexity index is 465. The van der Waals surface area contributed by atoms with Gasteiger partial charge < -0.3 is 9.32 Å². The lowest BCUT2D eigenvalue weighted by Gasteiger charge is -2.30. The van der Waals surface area contributed by atoms with Gasteiger partial charge in [0.25, 0.3) is 0 Å². The molecular formula is C18H30N2O2. The van der Waals surface area contributed by atoms with Crippen LogP contribution in [0.25, 0.3) is 0 Å². The lowest BCUT2D eigenvalue weighted by molar-refractivity contribution is -0.132. The van der Waals surface area contributed by atoms with Gasteiger partial charge in [0.1, 0.15) is 11.5 Å². The molecule has 124 valence electrons. The van der Waals surface area contributed by atoms with Crippen molar-refractivity contribution in [2.45, 2.75) is 58.9 Å². The van der Waals surface area contributed by atoms with Gasteiger partial charge in [-0.3, -0.25) is 9.69 Å². The third-order valence-electron chi connectivity index (χ3n) is 4.68. The van der Waals surface area contributed by atoms with Gasteiger partial charge >= 0.3 is 0 Å². The molecule has 0 aromatic carbocycles. The minimum absolute atomic E-state index is 0.235. The molecule has 1 atom stereocenters. The number of likely N-dealkylation sites (N-methyl/N-ethyl adjacent to an activating group) is 1. The molecule has 1 aromatic rings. The summed E-state index contributed by atoms with van der Waals surface area (Å²) in [7, 11) is 0. The van der Waals surface area contributed by atoms with E-state index in [0.717, 1.165) is 44.0 Å². The monoisotopic (exact) mass is 306 g/mol. The van der Waals surface area contributed by atoms with Crippen molar-refractivity contribution in [3.8, 4) is 0 Å². The quantitative estimate of drug-likeness (QED) is 0.805. The van der Waals surface area contributed by atoms with E-state index >= 15 is 0 Å². The molecule has 0 saturated carbocycles. The first-order chi connectivity index (χ1) is 10.7. The molecule has 1 amide bonds. The Kier molecular flexibility index (Phi) is 6.49. The fourth-order valence-electron chi connectivity index (χ4n) is 3.29. The molecule has 4 heteroatoms. The number of amides is 1. The summed E-state index contributed by atoms with van der Waals surface area (Å²) < 4.78 is 5.99. The van der Waals surface area contributed by atoms with E-state index in [-0.39, 0.29) is 11.9 Å². The molecule has 1 aromatic heterocycles. The summed E-state index contributed by atoms with van der Waals surface area (Å²) >= 11 is 0. The fourth-order valence-corrected chi connectivity index (χ4v) is 3.29. The zero-order valence-electron chi connectivity index (χ0n) is 14.3. The topological polar surface area (TPSA) is 36.7 Å². The minimum Gasteiger partial charge on any atom is -0.464 e. The predicted molar refractivity (Wildman–Crippen MR) is 88.8 cm³/mol. The van der Waals surface area contributed by atoms with Gasteiger partial charge in [-0.2, -0.15) is 0 Å². The summed E-state index contributed by atoms with van der Waals surface area (Å²) in [6, 6.07) is 4.43. The van der Waals surface area contributed by atoms with Gasteiger partial charge in [0, 0.05) is 19.5 Å². The van der Waals surface area contributed by atoms with E-state index in [2.05, 4.69) is 24.0 Å². The Morgan fingerprint density at radius 2 is 2.00 bits per heavy atom. The zero-order chi connectivity index (χ0) is 15.9. The first kappa shape index (κ1) is 17.1. The highest BCUT2D eigenvalue weighted by Gasteiger charge is 2.27. The molecule has 0 N–H and O–H groups in total. The van der Waals surface area contributed by atoms with Crippen LogP contribution in [-0.4, -0.2) is 41.9 Å². The van der Waals surface area contributed by atoms with Crippen LogP contribution in [0.15, 0.2) is 16.5 Å². The highest BCUT2D eigenvalue weighted by Crippen LogP contribution is 2.31. The van der Waals surface area contributed by atoms with Crippen LogP contribution in [-0.2, 0) is 11.2 Å². The first-order valence-electron chi connectivity index (χ1n) is 8.80. The molecule has 1 aliphatic rings. The summed E-state index contributed by atoms with van der Waals surface area (Å²) in [5.41, 5.74) is 0. The molecule has 2 rings (SSSR count). The Morgan fingerprint density at radius 1 is 1.23 bits per heavy atom. The summed E-state index contributed by atoms with van der Waals surface area (Å²) in [5, 5.41) is 0. The molecule has 0 bridgehead atoms. The SMILES string of the molecule is CCc1ccc(C2CCCCCN2CC(=O)N(CC)CC)o1. The number of rotatable bonds is 6. The smallest absolute Gasteiger partial charge is 0.236 e. The number of furan rings is 1. The van der Waals surface area contributed by atoms with Gasteiger partial charge in [0.2, 0.25) is 5.91 Å². The Hall–Kier alpha value is -1.29. The third kappa shape index (κ3) is 4.13. The van der Waals surface area contributed by atoms with E-state index in [1.54, 1.807) is 0 Å². The number of hydrogen-bond donors (Lipinski definition) is 0. The molecule has 0 aliphatic carbocycles. The molecule has 1 unspecified atom stereocenters. The van der Waals surface area contributed by atoms with Crippen LogP contribution in [0.4, 0.5) is 0 Å². The number of carbonyl (C=O) groups is 1. The Balaban J connectivity index is 2.11. The van der Waals surface area contributed by atoms with E-state index in [0.29, 0.717) is 6.54 Å². The predicted octanol–water partition coefficient (Wildman–Crippen LogP) is 3.63. The van der Waals surface area contributed by atoms with Crippen molar-refractivity contribution >= 4 is 5.91 Å². The number of aryl methyl sites for hydroxylation is 1.